The summed E-state index contributed by atoms with van der Waals surface area (Å²) in [5.74, 6) is 2.18. The van der Waals surface area contributed by atoms with Gasteiger partial charge in [0.05, 0.1) is 6.20 Å². The van der Waals surface area contributed by atoms with Gasteiger partial charge in [-0.3, -0.25) is 4.79 Å². The van der Waals surface area contributed by atoms with Crippen LogP contribution in [0, 0.1) is 0 Å². The summed E-state index contributed by atoms with van der Waals surface area (Å²) in [7, 11) is 0. The first-order chi connectivity index (χ1) is 15.3. The van der Waals surface area contributed by atoms with Gasteiger partial charge in [-0.1, -0.05) is 30.3 Å². The van der Waals surface area contributed by atoms with Gasteiger partial charge >= 0.3 is 0 Å². The van der Waals surface area contributed by atoms with E-state index in [2.05, 4.69) is 27.2 Å². The number of oxazole rings is 1. The topological polar surface area (TPSA) is 75.0 Å². The van der Waals surface area contributed by atoms with Crippen molar-refractivity contribution in [3.8, 4) is 11.3 Å². The maximum Gasteiger partial charge on any atom is 0.222 e. The molecule has 0 unspecified atom stereocenters. The highest BCUT2D eigenvalue weighted by atomic mass is 16.4. The van der Waals surface area contributed by atoms with Gasteiger partial charge in [0, 0.05) is 49.3 Å². The molecule has 1 saturated heterocycles. The second-order valence-electron chi connectivity index (χ2n) is 8.14. The molecule has 6 nitrogen and oxygen atoms in total. The molecule has 4 aromatic rings. The zero-order valence-corrected chi connectivity index (χ0v) is 17.5. The number of rotatable bonds is 6. The number of aryl methyl sites for hydroxylation is 1. The van der Waals surface area contributed by atoms with Crippen LogP contribution in [0.3, 0.4) is 0 Å². The lowest BCUT2D eigenvalue weighted by molar-refractivity contribution is -0.132. The first-order valence-corrected chi connectivity index (χ1v) is 11.0. The monoisotopic (exact) mass is 414 g/mol. The Morgan fingerprint density at radius 3 is 2.77 bits per heavy atom. The summed E-state index contributed by atoms with van der Waals surface area (Å²) in [6.07, 6.45) is 9.60. The minimum Gasteiger partial charge on any atom is -0.441 e. The third-order valence-corrected chi connectivity index (χ3v) is 6.16. The van der Waals surface area contributed by atoms with Crippen LogP contribution in [0.15, 0.2) is 65.5 Å². The molecule has 0 radical (unpaired) electrons. The number of hydrogen-bond donors (Lipinski definition) is 1. The summed E-state index contributed by atoms with van der Waals surface area (Å²) in [6, 6.07) is 14.1. The minimum absolute atomic E-state index is 0.230. The predicted octanol–water partition coefficient (Wildman–Crippen LogP) is 4.95. The molecule has 5 rings (SSSR count). The van der Waals surface area contributed by atoms with Gasteiger partial charge in [0.15, 0.2) is 11.7 Å². The molecule has 0 bridgehead atoms. The summed E-state index contributed by atoms with van der Waals surface area (Å²) >= 11 is 0. The summed E-state index contributed by atoms with van der Waals surface area (Å²) in [5.41, 5.74) is 3.29. The molecule has 1 N–H and O–H groups in total. The Morgan fingerprint density at radius 2 is 1.94 bits per heavy atom. The number of pyridine rings is 1. The second kappa shape index (κ2) is 8.76. The maximum atomic E-state index is 12.7. The highest BCUT2D eigenvalue weighted by Gasteiger charge is 2.25. The Labute approximate surface area is 181 Å². The van der Waals surface area contributed by atoms with E-state index in [0.29, 0.717) is 24.7 Å². The molecule has 0 atom stereocenters. The number of fused-ring (bicyclic) bond motifs is 1. The number of piperidine rings is 1. The molecule has 1 aliphatic heterocycles. The van der Waals surface area contributed by atoms with Crippen molar-refractivity contribution in [3.05, 3.63) is 72.5 Å². The van der Waals surface area contributed by atoms with Crippen LogP contribution in [0.5, 0.6) is 0 Å². The average Bonchev–Trinajstić information content (AvgIpc) is 3.47. The van der Waals surface area contributed by atoms with Crippen LogP contribution in [-0.2, 0) is 11.2 Å². The number of carbonyl (C=O) groups is 1. The lowest BCUT2D eigenvalue weighted by Gasteiger charge is -2.32. The zero-order chi connectivity index (χ0) is 21.0. The molecule has 1 aromatic carbocycles. The molecule has 3 aromatic heterocycles. The van der Waals surface area contributed by atoms with E-state index in [0.717, 1.165) is 49.3 Å². The summed E-state index contributed by atoms with van der Waals surface area (Å²) in [4.78, 5) is 26.7. The van der Waals surface area contributed by atoms with Crippen molar-refractivity contribution in [1.82, 2.24) is 19.9 Å². The van der Waals surface area contributed by atoms with Gasteiger partial charge in [0.2, 0.25) is 5.91 Å². The summed E-state index contributed by atoms with van der Waals surface area (Å²) in [5, 5.41) is 1.20. The normalized spacial score (nSPS) is 14.9. The summed E-state index contributed by atoms with van der Waals surface area (Å²) in [6.45, 7) is 1.63. The SMILES string of the molecule is O=C(CCCc1ncc(-c2ccccc2)o1)N1CCC(c2c[nH]c3ncccc23)CC1. The largest absolute Gasteiger partial charge is 0.441 e. The molecule has 158 valence electrons. The fourth-order valence-corrected chi connectivity index (χ4v) is 4.47. The smallest absolute Gasteiger partial charge is 0.222 e. The van der Waals surface area contributed by atoms with Crippen LogP contribution in [0.1, 0.15) is 43.1 Å². The van der Waals surface area contributed by atoms with E-state index in [9.17, 15) is 4.79 Å². The number of benzene rings is 1. The van der Waals surface area contributed by atoms with Crippen LogP contribution in [0.25, 0.3) is 22.4 Å². The molecule has 6 heteroatoms. The van der Waals surface area contributed by atoms with Gasteiger partial charge in [-0.2, -0.15) is 0 Å². The standard InChI is InChI=1S/C25H26N4O2/c30-24(10-4-9-23-27-17-22(31-23)19-6-2-1-3-7-19)29-14-11-18(12-15-29)21-16-28-25-20(21)8-5-13-26-25/h1-3,5-8,13,16-18H,4,9-12,14-15H2,(H,26,28). The number of carbonyl (C=O) groups excluding carboxylic acids is 1. The second-order valence-corrected chi connectivity index (χ2v) is 8.14. The van der Waals surface area contributed by atoms with Crippen molar-refractivity contribution in [3.63, 3.8) is 0 Å². The number of nitrogens with zero attached hydrogens (tertiary/aromatic N) is 3. The third kappa shape index (κ3) is 4.24. The molecule has 4 heterocycles. The Hall–Kier alpha value is -3.41. The predicted molar refractivity (Wildman–Crippen MR) is 120 cm³/mol. The first kappa shape index (κ1) is 19.5. The van der Waals surface area contributed by atoms with Crippen LogP contribution < -0.4 is 0 Å². The van der Waals surface area contributed by atoms with Crippen molar-refractivity contribution in [2.75, 3.05) is 13.1 Å². The number of nitrogens with one attached hydrogen (secondary N) is 1. The Balaban J connectivity index is 1.10. The first-order valence-electron chi connectivity index (χ1n) is 11.0. The van der Waals surface area contributed by atoms with Gasteiger partial charge in [0.25, 0.3) is 0 Å². The van der Waals surface area contributed by atoms with E-state index < -0.39 is 0 Å². The van der Waals surface area contributed by atoms with E-state index >= 15 is 0 Å². The quantitative estimate of drug-likeness (QED) is 0.485. The molecule has 1 aliphatic rings. The van der Waals surface area contributed by atoms with Gasteiger partial charge in [-0.15, -0.1) is 0 Å². The molecular weight excluding hydrogens is 388 g/mol. The Bertz CT molecular complexity index is 1160. The van der Waals surface area contributed by atoms with Crippen LogP contribution in [0.4, 0.5) is 0 Å². The van der Waals surface area contributed by atoms with Gasteiger partial charge in [0.1, 0.15) is 5.65 Å². The highest BCUT2D eigenvalue weighted by molar-refractivity contribution is 5.80. The van der Waals surface area contributed by atoms with Gasteiger partial charge in [-0.05, 0) is 42.9 Å². The fourth-order valence-electron chi connectivity index (χ4n) is 4.47. The maximum absolute atomic E-state index is 12.7. The van der Waals surface area contributed by atoms with Crippen molar-refractivity contribution < 1.29 is 9.21 Å². The minimum atomic E-state index is 0.230. The molecule has 0 saturated carbocycles. The van der Waals surface area contributed by atoms with Gasteiger partial charge < -0.3 is 14.3 Å². The van der Waals surface area contributed by atoms with Crippen molar-refractivity contribution >= 4 is 16.9 Å². The van der Waals surface area contributed by atoms with E-state index in [1.54, 1.807) is 6.20 Å². The number of hydrogen-bond acceptors (Lipinski definition) is 4. The van der Waals surface area contributed by atoms with Crippen LogP contribution in [0.2, 0.25) is 0 Å². The molecule has 0 aliphatic carbocycles. The Morgan fingerprint density at radius 1 is 1.10 bits per heavy atom. The molecule has 0 spiro atoms. The number of aromatic amines is 1. The lowest BCUT2D eigenvalue weighted by atomic mass is 9.89. The fraction of sp³-hybridized carbons (Fsp3) is 0.320. The van der Waals surface area contributed by atoms with Crippen LogP contribution in [-0.4, -0.2) is 38.8 Å². The molecule has 1 amide bonds. The van der Waals surface area contributed by atoms with Crippen molar-refractivity contribution in [2.45, 2.75) is 38.0 Å². The van der Waals surface area contributed by atoms with Crippen molar-refractivity contribution in [1.29, 1.82) is 0 Å². The number of amides is 1. The third-order valence-electron chi connectivity index (χ3n) is 6.16. The molecule has 1 fully saturated rings. The molecular formula is C25H26N4O2. The molecule has 31 heavy (non-hydrogen) atoms. The zero-order valence-electron chi connectivity index (χ0n) is 17.5. The number of H-pyrrole nitrogens is 1. The summed E-state index contributed by atoms with van der Waals surface area (Å²) < 4.78 is 5.84. The van der Waals surface area contributed by atoms with Gasteiger partial charge in [-0.25, -0.2) is 9.97 Å². The van der Waals surface area contributed by atoms with Crippen LogP contribution >= 0.6 is 0 Å². The Kier molecular flexibility index (Phi) is 5.52. The highest BCUT2D eigenvalue weighted by Crippen LogP contribution is 2.32. The average molecular weight is 415 g/mol. The van der Waals surface area contributed by atoms with E-state index in [1.165, 1.54) is 10.9 Å². The number of likely N-dealkylation sites (tertiary alicyclic amines) is 1. The van der Waals surface area contributed by atoms with Crippen molar-refractivity contribution in [2.24, 2.45) is 0 Å². The number of aromatic nitrogens is 3. The van der Waals surface area contributed by atoms with E-state index in [4.69, 9.17) is 4.42 Å². The van der Waals surface area contributed by atoms with E-state index in [1.807, 2.05) is 47.5 Å². The lowest BCUT2D eigenvalue weighted by Crippen LogP contribution is -2.37. The van der Waals surface area contributed by atoms with E-state index in [-0.39, 0.29) is 5.91 Å².